The average molecular weight is 571 g/mol. The number of hydrogen-bond acceptors (Lipinski definition) is 6. The van der Waals surface area contributed by atoms with Gasteiger partial charge < -0.3 is 28.7 Å². The zero-order valence-corrected chi connectivity index (χ0v) is 24.9. The molecule has 2 aromatic rings. The van der Waals surface area contributed by atoms with Crippen molar-refractivity contribution in [3.63, 3.8) is 0 Å². The molecule has 2 amide bonds. The number of morpholine rings is 1. The first-order chi connectivity index (χ1) is 19.5. The van der Waals surface area contributed by atoms with Crippen molar-refractivity contribution in [3.05, 3.63) is 59.4 Å². The summed E-state index contributed by atoms with van der Waals surface area (Å²) < 4.78 is 35.9. The lowest BCUT2D eigenvalue weighted by atomic mass is 9.84. The van der Waals surface area contributed by atoms with Crippen molar-refractivity contribution >= 4 is 12.0 Å². The highest BCUT2D eigenvalue weighted by Gasteiger charge is 2.36. The van der Waals surface area contributed by atoms with Crippen molar-refractivity contribution in [1.82, 2.24) is 9.80 Å². The number of carbonyl (C=O) groups is 2. The minimum absolute atomic E-state index is 0.0159. The van der Waals surface area contributed by atoms with Gasteiger partial charge in [-0.25, -0.2) is 9.18 Å². The molecular weight excluding hydrogens is 527 g/mol. The minimum Gasteiger partial charge on any atom is -0.496 e. The first-order valence-electron chi connectivity index (χ1n) is 14.4. The van der Waals surface area contributed by atoms with E-state index >= 15 is 0 Å². The van der Waals surface area contributed by atoms with Gasteiger partial charge in [0, 0.05) is 25.0 Å². The van der Waals surface area contributed by atoms with E-state index in [9.17, 15) is 14.0 Å². The van der Waals surface area contributed by atoms with Crippen LogP contribution in [0.3, 0.4) is 0 Å². The second-order valence-corrected chi connectivity index (χ2v) is 12.0. The molecule has 41 heavy (non-hydrogen) atoms. The van der Waals surface area contributed by atoms with Crippen LogP contribution in [0.1, 0.15) is 57.6 Å². The van der Waals surface area contributed by atoms with Gasteiger partial charge in [0.15, 0.2) is 0 Å². The molecule has 224 valence electrons. The highest BCUT2D eigenvalue weighted by Crippen LogP contribution is 2.32. The molecular formula is C32H43FN2O6. The third-order valence-electron chi connectivity index (χ3n) is 7.63. The van der Waals surface area contributed by atoms with Gasteiger partial charge in [-0.05, 0) is 94.8 Å². The Labute approximate surface area is 242 Å². The summed E-state index contributed by atoms with van der Waals surface area (Å²) in [5, 5.41) is 0. The highest BCUT2D eigenvalue weighted by molar-refractivity contribution is 5.79. The van der Waals surface area contributed by atoms with Gasteiger partial charge in [-0.1, -0.05) is 12.1 Å². The predicted molar refractivity (Wildman–Crippen MR) is 153 cm³/mol. The van der Waals surface area contributed by atoms with Crippen LogP contribution in [0, 0.1) is 18.7 Å². The van der Waals surface area contributed by atoms with Gasteiger partial charge in [-0.15, -0.1) is 0 Å². The van der Waals surface area contributed by atoms with E-state index in [2.05, 4.69) is 0 Å². The maximum absolute atomic E-state index is 13.5. The summed E-state index contributed by atoms with van der Waals surface area (Å²) >= 11 is 0. The van der Waals surface area contributed by atoms with Gasteiger partial charge in [-0.2, -0.15) is 0 Å². The number of methoxy groups -OCH3 is 1. The van der Waals surface area contributed by atoms with E-state index in [-0.39, 0.29) is 42.5 Å². The predicted octanol–water partition coefficient (Wildman–Crippen LogP) is 5.75. The smallest absolute Gasteiger partial charge is 0.410 e. The van der Waals surface area contributed by atoms with Gasteiger partial charge in [0.05, 0.1) is 20.3 Å². The molecule has 1 atom stereocenters. The Morgan fingerprint density at radius 1 is 1.07 bits per heavy atom. The number of ether oxygens (including phenoxy) is 4. The summed E-state index contributed by atoms with van der Waals surface area (Å²) in [5.41, 5.74) is 1.41. The maximum Gasteiger partial charge on any atom is 0.410 e. The first kappa shape index (κ1) is 30.6. The van der Waals surface area contributed by atoms with Crippen LogP contribution in [-0.4, -0.2) is 73.0 Å². The molecule has 0 N–H and O–H groups in total. The van der Waals surface area contributed by atoms with E-state index in [0.717, 1.165) is 29.7 Å². The molecule has 1 aliphatic carbocycles. The molecule has 0 aromatic heterocycles. The number of nitrogens with zero attached hydrogens (tertiary/aromatic N) is 2. The molecule has 0 bridgehead atoms. The largest absolute Gasteiger partial charge is 0.496 e. The minimum atomic E-state index is -0.606. The fourth-order valence-electron chi connectivity index (χ4n) is 5.53. The van der Waals surface area contributed by atoms with E-state index in [4.69, 9.17) is 18.9 Å². The number of hydrogen-bond donors (Lipinski definition) is 0. The van der Waals surface area contributed by atoms with E-state index < -0.39 is 5.60 Å². The van der Waals surface area contributed by atoms with Crippen molar-refractivity contribution in [3.8, 4) is 11.5 Å². The van der Waals surface area contributed by atoms with Crippen molar-refractivity contribution in [2.24, 2.45) is 5.92 Å². The fourth-order valence-corrected chi connectivity index (χ4v) is 5.53. The summed E-state index contributed by atoms with van der Waals surface area (Å²) in [5.74, 6) is 1.10. The third-order valence-corrected chi connectivity index (χ3v) is 7.63. The van der Waals surface area contributed by atoms with Crippen molar-refractivity contribution in [1.29, 1.82) is 0 Å². The topological polar surface area (TPSA) is 77.5 Å². The van der Waals surface area contributed by atoms with Gasteiger partial charge in [-0.3, -0.25) is 4.79 Å². The van der Waals surface area contributed by atoms with E-state index in [1.807, 2.05) is 55.7 Å². The molecule has 1 heterocycles. The third kappa shape index (κ3) is 8.58. The van der Waals surface area contributed by atoms with Gasteiger partial charge >= 0.3 is 6.09 Å². The van der Waals surface area contributed by atoms with Crippen molar-refractivity contribution < 1.29 is 32.9 Å². The monoisotopic (exact) mass is 570 g/mol. The molecule has 0 radical (unpaired) electrons. The molecule has 1 aliphatic heterocycles. The molecule has 1 saturated carbocycles. The lowest BCUT2D eigenvalue weighted by molar-refractivity contribution is -0.145. The van der Waals surface area contributed by atoms with Crippen LogP contribution in [0.4, 0.5) is 9.18 Å². The Morgan fingerprint density at radius 3 is 2.41 bits per heavy atom. The van der Waals surface area contributed by atoms with Crippen LogP contribution in [0.25, 0.3) is 0 Å². The number of rotatable bonds is 8. The number of halogens is 1. The molecule has 1 unspecified atom stereocenters. The van der Waals surface area contributed by atoms with Gasteiger partial charge in [0.2, 0.25) is 5.91 Å². The zero-order chi connectivity index (χ0) is 29.6. The van der Waals surface area contributed by atoms with Crippen molar-refractivity contribution in [2.75, 3.05) is 33.4 Å². The second-order valence-electron chi connectivity index (χ2n) is 12.0. The van der Waals surface area contributed by atoms with Crippen LogP contribution < -0.4 is 9.47 Å². The quantitative estimate of drug-likeness (QED) is 0.403. The molecule has 4 rings (SSSR count). The van der Waals surface area contributed by atoms with E-state index in [0.29, 0.717) is 44.8 Å². The number of aryl methyl sites for hydroxylation is 1. The number of benzene rings is 2. The normalized spacial score (nSPS) is 21.2. The Kier molecular flexibility index (Phi) is 10.1. The van der Waals surface area contributed by atoms with Crippen LogP contribution in [0.2, 0.25) is 0 Å². The van der Waals surface area contributed by atoms with Crippen molar-refractivity contribution in [2.45, 2.75) is 77.7 Å². The Bertz CT molecular complexity index is 1170. The lowest BCUT2D eigenvalue weighted by Gasteiger charge is -2.39. The molecule has 1 saturated heterocycles. The van der Waals surface area contributed by atoms with E-state index in [1.165, 1.54) is 12.1 Å². The van der Waals surface area contributed by atoms with Gasteiger partial charge in [0.1, 0.15) is 35.6 Å². The summed E-state index contributed by atoms with van der Waals surface area (Å²) in [7, 11) is 1.65. The van der Waals surface area contributed by atoms with Crippen LogP contribution in [0.5, 0.6) is 11.5 Å². The summed E-state index contributed by atoms with van der Waals surface area (Å²) in [6, 6.07) is 11.8. The molecule has 2 fully saturated rings. The molecule has 8 nitrogen and oxygen atoms in total. The Morgan fingerprint density at radius 2 is 1.78 bits per heavy atom. The van der Waals surface area contributed by atoms with Gasteiger partial charge in [0.25, 0.3) is 0 Å². The highest BCUT2D eigenvalue weighted by atomic mass is 19.1. The SMILES string of the molecule is COc1ccc(CN(C(=O)OC(C)(C)C)C2CCC(C(=O)N3CCOC(COc4ccc(F)cc4)C3)CC2)cc1C. The number of carbonyl (C=O) groups excluding carboxylic acids is 2. The summed E-state index contributed by atoms with van der Waals surface area (Å²) in [4.78, 5) is 30.5. The standard InChI is InChI=1S/C32H43FN2O6/c1-22-18-23(6-15-29(22)38-5)19-35(31(37)41-32(2,3)4)26-11-7-24(8-12-26)30(36)34-16-17-39-28(20-34)21-40-27-13-9-25(33)10-14-27/h6,9-10,13-15,18,24,26,28H,7-8,11-12,16-17,19-21H2,1-5H3. The first-order valence-corrected chi connectivity index (χ1v) is 14.4. The van der Waals surface area contributed by atoms with Crippen LogP contribution >= 0.6 is 0 Å². The molecule has 0 spiro atoms. The van der Waals surface area contributed by atoms with Crippen LogP contribution in [0.15, 0.2) is 42.5 Å². The summed E-state index contributed by atoms with van der Waals surface area (Å²) in [6.45, 7) is 9.78. The second kappa shape index (κ2) is 13.6. The number of amides is 2. The Balaban J connectivity index is 1.34. The molecule has 9 heteroatoms. The van der Waals surface area contributed by atoms with E-state index in [1.54, 1.807) is 19.2 Å². The molecule has 2 aliphatic rings. The fraction of sp³-hybridized carbons (Fsp3) is 0.562. The molecule has 2 aromatic carbocycles. The Hall–Kier alpha value is -3.33. The average Bonchev–Trinajstić information content (AvgIpc) is 2.94. The summed E-state index contributed by atoms with van der Waals surface area (Å²) in [6.07, 6.45) is 2.29. The van der Waals surface area contributed by atoms with Crippen LogP contribution in [-0.2, 0) is 20.8 Å². The maximum atomic E-state index is 13.5. The lowest BCUT2D eigenvalue weighted by Crippen LogP contribution is -2.51. The zero-order valence-electron chi connectivity index (χ0n) is 24.9.